The van der Waals surface area contributed by atoms with Gasteiger partial charge in [-0.05, 0) is 42.4 Å². The number of hydrogen-bond acceptors (Lipinski definition) is 5. The molecule has 7 nitrogen and oxygen atoms in total. The van der Waals surface area contributed by atoms with Crippen molar-refractivity contribution in [3.05, 3.63) is 65.9 Å². The van der Waals surface area contributed by atoms with Crippen LogP contribution in [0.1, 0.15) is 36.3 Å². The average molecular weight is 411 g/mol. The van der Waals surface area contributed by atoms with E-state index < -0.39 is 11.8 Å². The molecule has 0 unspecified atom stereocenters. The molecule has 0 aliphatic heterocycles. The molecule has 0 amide bonds. The first-order valence-corrected chi connectivity index (χ1v) is 9.71. The summed E-state index contributed by atoms with van der Waals surface area (Å²) in [5.41, 5.74) is 1.98. The monoisotopic (exact) mass is 411 g/mol. The second-order valence-corrected chi connectivity index (χ2v) is 7.37. The van der Waals surface area contributed by atoms with E-state index in [2.05, 4.69) is 10.1 Å². The maximum Gasteiger partial charge on any atom is 0.303 e. The lowest BCUT2D eigenvalue weighted by atomic mass is 9.91. The van der Waals surface area contributed by atoms with Gasteiger partial charge < -0.3 is 14.6 Å². The highest BCUT2D eigenvalue weighted by Crippen LogP contribution is 2.45. The number of pyridine rings is 1. The van der Waals surface area contributed by atoms with Crippen LogP contribution in [0.4, 0.5) is 4.39 Å². The molecule has 1 fully saturated rings. The average Bonchev–Trinajstić information content (AvgIpc) is 3.48. The van der Waals surface area contributed by atoms with Crippen molar-refractivity contribution < 1.29 is 23.8 Å². The number of carbonyl (C=O) groups is 1. The van der Waals surface area contributed by atoms with Crippen LogP contribution in [0.3, 0.4) is 0 Å². The number of methoxy groups -OCH3 is 1. The molecule has 30 heavy (non-hydrogen) atoms. The van der Waals surface area contributed by atoms with E-state index in [4.69, 9.17) is 9.47 Å². The Morgan fingerprint density at radius 3 is 2.90 bits per heavy atom. The van der Waals surface area contributed by atoms with E-state index in [1.807, 2.05) is 24.3 Å². The van der Waals surface area contributed by atoms with Crippen LogP contribution in [-0.4, -0.2) is 33.0 Å². The van der Waals surface area contributed by atoms with Gasteiger partial charge in [0.1, 0.15) is 18.0 Å². The first-order valence-electron chi connectivity index (χ1n) is 9.71. The number of carboxylic acid groups (broad SMARTS) is 1. The molecule has 2 aromatic heterocycles. The van der Waals surface area contributed by atoms with Crippen molar-refractivity contribution >= 4 is 5.97 Å². The Labute approximate surface area is 173 Å². The molecule has 1 atom stereocenters. The van der Waals surface area contributed by atoms with E-state index in [1.54, 1.807) is 12.4 Å². The van der Waals surface area contributed by atoms with Crippen LogP contribution < -0.4 is 9.47 Å². The Balaban J connectivity index is 1.45. The predicted molar refractivity (Wildman–Crippen MR) is 106 cm³/mol. The molecule has 1 aliphatic rings. The van der Waals surface area contributed by atoms with Crippen molar-refractivity contribution in [1.82, 2.24) is 14.8 Å². The highest BCUT2D eigenvalue weighted by molar-refractivity contribution is 5.68. The molecule has 3 aromatic rings. The molecule has 0 saturated heterocycles. The zero-order valence-electron chi connectivity index (χ0n) is 16.5. The lowest BCUT2D eigenvalue weighted by Crippen LogP contribution is -2.08. The number of benzene rings is 1. The van der Waals surface area contributed by atoms with Gasteiger partial charge in [0.15, 0.2) is 5.82 Å². The minimum atomic E-state index is -0.786. The van der Waals surface area contributed by atoms with Crippen LogP contribution in [0.2, 0.25) is 0 Å². The van der Waals surface area contributed by atoms with Crippen molar-refractivity contribution in [3.63, 3.8) is 0 Å². The van der Waals surface area contributed by atoms with E-state index in [1.165, 1.54) is 17.9 Å². The molecule has 1 N–H and O–H groups in total. The fourth-order valence-electron chi connectivity index (χ4n) is 3.51. The smallest absolute Gasteiger partial charge is 0.303 e. The molecule has 156 valence electrons. The SMILES string of the molecule is COc1cc(-n2cc(COc3cccc([C@@H](CC(=O)O)C4CC4)c3)cn2)c(F)cn1. The van der Waals surface area contributed by atoms with E-state index >= 15 is 0 Å². The van der Waals surface area contributed by atoms with Crippen LogP contribution in [0, 0.1) is 11.7 Å². The number of carboxylic acids is 1. The van der Waals surface area contributed by atoms with Gasteiger partial charge in [-0.2, -0.15) is 5.10 Å². The molecule has 4 rings (SSSR count). The molecule has 0 radical (unpaired) electrons. The second kappa shape index (κ2) is 8.52. The van der Waals surface area contributed by atoms with Gasteiger partial charge in [0, 0.05) is 17.8 Å². The largest absolute Gasteiger partial charge is 0.489 e. The number of hydrogen-bond donors (Lipinski definition) is 1. The van der Waals surface area contributed by atoms with Crippen LogP contribution in [0.5, 0.6) is 11.6 Å². The molecule has 0 spiro atoms. The zero-order valence-corrected chi connectivity index (χ0v) is 16.5. The van der Waals surface area contributed by atoms with Crippen LogP contribution in [-0.2, 0) is 11.4 Å². The van der Waals surface area contributed by atoms with E-state index in [0.717, 1.165) is 30.2 Å². The van der Waals surface area contributed by atoms with Crippen molar-refractivity contribution in [2.24, 2.45) is 5.92 Å². The Morgan fingerprint density at radius 1 is 1.33 bits per heavy atom. The summed E-state index contributed by atoms with van der Waals surface area (Å²) in [6.45, 7) is 0.250. The van der Waals surface area contributed by atoms with E-state index in [0.29, 0.717) is 17.5 Å². The van der Waals surface area contributed by atoms with Gasteiger partial charge in [0.05, 0.1) is 25.9 Å². The van der Waals surface area contributed by atoms with Gasteiger partial charge in [-0.25, -0.2) is 14.1 Å². The van der Waals surface area contributed by atoms with Gasteiger partial charge >= 0.3 is 5.97 Å². The Hall–Kier alpha value is -3.42. The number of aromatic nitrogens is 3. The third-order valence-corrected chi connectivity index (χ3v) is 5.18. The lowest BCUT2D eigenvalue weighted by Gasteiger charge is -2.15. The predicted octanol–water partition coefficient (Wildman–Crippen LogP) is 3.96. The summed E-state index contributed by atoms with van der Waals surface area (Å²) in [5, 5.41) is 13.4. The first kappa shape index (κ1) is 19.9. The van der Waals surface area contributed by atoms with Crippen LogP contribution in [0.25, 0.3) is 5.69 Å². The molecule has 0 bridgehead atoms. The van der Waals surface area contributed by atoms with E-state index in [9.17, 15) is 14.3 Å². The molecule has 1 saturated carbocycles. The summed E-state index contributed by atoms with van der Waals surface area (Å²) in [6, 6.07) is 9.05. The third-order valence-electron chi connectivity index (χ3n) is 5.18. The van der Waals surface area contributed by atoms with Gasteiger partial charge in [-0.1, -0.05) is 12.1 Å². The molecule has 1 aromatic carbocycles. The fraction of sp³-hybridized carbons (Fsp3) is 0.318. The number of nitrogens with zero attached hydrogens (tertiary/aromatic N) is 3. The summed E-state index contributed by atoms with van der Waals surface area (Å²) in [5.74, 6) is 0.102. The van der Waals surface area contributed by atoms with Gasteiger partial charge in [-0.3, -0.25) is 4.79 Å². The maximum atomic E-state index is 14.1. The Kier molecular flexibility index (Phi) is 5.65. The molecule has 2 heterocycles. The topological polar surface area (TPSA) is 86.5 Å². The van der Waals surface area contributed by atoms with Gasteiger partial charge in [0.2, 0.25) is 5.88 Å². The Morgan fingerprint density at radius 2 is 2.17 bits per heavy atom. The molecular weight excluding hydrogens is 389 g/mol. The number of halogens is 1. The fourth-order valence-corrected chi connectivity index (χ4v) is 3.51. The highest BCUT2D eigenvalue weighted by atomic mass is 19.1. The lowest BCUT2D eigenvalue weighted by molar-refractivity contribution is -0.137. The van der Waals surface area contributed by atoms with Crippen molar-refractivity contribution in [3.8, 4) is 17.3 Å². The first-order chi connectivity index (χ1) is 14.5. The third kappa shape index (κ3) is 4.59. The summed E-state index contributed by atoms with van der Waals surface area (Å²) < 4.78 is 26.4. The zero-order chi connectivity index (χ0) is 21.1. The summed E-state index contributed by atoms with van der Waals surface area (Å²) in [4.78, 5) is 15.0. The molecular formula is C22H22FN3O4. The van der Waals surface area contributed by atoms with Crippen molar-refractivity contribution in [1.29, 1.82) is 0 Å². The standard InChI is InChI=1S/C22H22FN3O4/c1-29-21-9-20(19(23)11-24-21)26-12-14(10-25-26)13-30-17-4-2-3-16(7-17)18(8-22(27)28)15-5-6-15/h2-4,7,9-12,15,18H,5-6,8,13H2,1H3,(H,27,28)/t18-/m0/s1. The normalized spacial score (nSPS) is 14.3. The highest BCUT2D eigenvalue weighted by Gasteiger charge is 2.33. The van der Waals surface area contributed by atoms with Crippen molar-refractivity contribution in [2.75, 3.05) is 7.11 Å². The van der Waals surface area contributed by atoms with Crippen molar-refractivity contribution in [2.45, 2.75) is 31.8 Å². The van der Waals surface area contributed by atoms with Gasteiger partial charge in [-0.15, -0.1) is 0 Å². The molecule has 8 heteroatoms. The van der Waals surface area contributed by atoms with Crippen LogP contribution in [0.15, 0.2) is 48.9 Å². The molecule has 1 aliphatic carbocycles. The number of rotatable bonds is 9. The minimum absolute atomic E-state index is 0.0124. The number of ether oxygens (including phenoxy) is 2. The number of aliphatic carboxylic acids is 1. The Bertz CT molecular complexity index is 1050. The summed E-state index contributed by atoms with van der Waals surface area (Å²) >= 11 is 0. The van der Waals surface area contributed by atoms with Crippen LogP contribution >= 0.6 is 0 Å². The van der Waals surface area contributed by atoms with E-state index in [-0.39, 0.29) is 24.6 Å². The quantitative estimate of drug-likeness (QED) is 0.574. The summed E-state index contributed by atoms with van der Waals surface area (Å²) in [7, 11) is 1.46. The maximum absolute atomic E-state index is 14.1. The second-order valence-electron chi connectivity index (χ2n) is 7.37. The minimum Gasteiger partial charge on any atom is -0.489 e. The summed E-state index contributed by atoms with van der Waals surface area (Å²) in [6.07, 6.45) is 6.64. The van der Waals surface area contributed by atoms with Gasteiger partial charge in [0.25, 0.3) is 0 Å².